The Morgan fingerprint density at radius 3 is 2.40 bits per heavy atom. The van der Waals surface area contributed by atoms with Crippen LogP contribution < -0.4 is 0 Å². The molecule has 0 radical (unpaired) electrons. The molecule has 0 N–H and O–H groups in total. The van der Waals surface area contributed by atoms with Crippen molar-refractivity contribution in [1.29, 1.82) is 0 Å². The van der Waals surface area contributed by atoms with Gasteiger partial charge in [-0.2, -0.15) is 0 Å². The molecule has 102 valence electrons. The summed E-state index contributed by atoms with van der Waals surface area (Å²) < 4.78 is 0. The van der Waals surface area contributed by atoms with E-state index in [9.17, 15) is 0 Å². The van der Waals surface area contributed by atoms with Gasteiger partial charge in [0.15, 0.2) is 0 Å². The number of para-hydroxylation sites is 1. The van der Waals surface area contributed by atoms with Crippen LogP contribution in [-0.2, 0) is 5.41 Å². The molecule has 0 aliphatic rings. The lowest BCUT2D eigenvalue weighted by Gasteiger charge is -2.19. The molecule has 20 heavy (non-hydrogen) atoms. The summed E-state index contributed by atoms with van der Waals surface area (Å²) in [5.74, 6) is 0. The molecular formula is C17H15Cl2N. The lowest BCUT2D eigenvalue weighted by molar-refractivity contribution is 0.591. The lowest BCUT2D eigenvalue weighted by Crippen LogP contribution is -2.10. The number of nitrogens with zero attached hydrogens (tertiary/aromatic N) is 1. The topological polar surface area (TPSA) is 12.9 Å². The van der Waals surface area contributed by atoms with Crippen molar-refractivity contribution >= 4 is 45.0 Å². The molecule has 0 spiro atoms. The zero-order valence-corrected chi connectivity index (χ0v) is 13.2. The third-order valence-corrected chi connectivity index (χ3v) is 4.27. The van der Waals surface area contributed by atoms with Crippen molar-refractivity contribution in [1.82, 2.24) is 4.98 Å². The molecule has 0 saturated heterocycles. The Balaban J connectivity index is 2.42. The first kappa shape index (κ1) is 13.7. The first-order valence-electron chi connectivity index (χ1n) is 6.56. The molecule has 1 heterocycles. The van der Waals surface area contributed by atoms with Crippen LogP contribution in [0.15, 0.2) is 36.4 Å². The number of benzene rings is 2. The highest BCUT2D eigenvalue weighted by atomic mass is 35.5. The Kier molecular flexibility index (Phi) is 3.15. The third-order valence-electron chi connectivity index (χ3n) is 3.56. The van der Waals surface area contributed by atoms with Crippen LogP contribution in [0.4, 0.5) is 0 Å². The first-order chi connectivity index (χ1) is 9.38. The van der Waals surface area contributed by atoms with E-state index >= 15 is 0 Å². The normalized spacial score (nSPS) is 12.2. The Labute approximate surface area is 128 Å². The predicted octanol–water partition coefficient (Wildman–Crippen LogP) is 5.99. The van der Waals surface area contributed by atoms with E-state index in [0.717, 1.165) is 21.8 Å². The van der Waals surface area contributed by atoms with E-state index in [1.807, 2.05) is 24.3 Å². The number of aromatic nitrogens is 1. The van der Waals surface area contributed by atoms with Gasteiger partial charge >= 0.3 is 0 Å². The molecule has 0 bridgehead atoms. The minimum absolute atomic E-state index is 0.0811. The minimum Gasteiger partial charge on any atom is -0.246 e. The highest BCUT2D eigenvalue weighted by molar-refractivity contribution is 6.42. The SMILES string of the molecule is CC(C)(C)c1ccc2c(Cl)c3cccc(Cl)c3nc2c1. The first-order valence-corrected chi connectivity index (χ1v) is 7.31. The smallest absolute Gasteiger partial charge is 0.0910 e. The molecule has 1 aromatic heterocycles. The van der Waals surface area contributed by atoms with Gasteiger partial charge in [-0.1, -0.05) is 68.2 Å². The Morgan fingerprint density at radius 2 is 1.70 bits per heavy atom. The average Bonchev–Trinajstić information content (AvgIpc) is 2.39. The zero-order valence-electron chi connectivity index (χ0n) is 11.7. The fourth-order valence-corrected chi connectivity index (χ4v) is 2.88. The summed E-state index contributed by atoms with van der Waals surface area (Å²) in [4.78, 5) is 4.70. The molecule has 3 heteroatoms. The van der Waals surface area contributed by atoms with E-state index < -0.39 is 0 Å². The summed E-state index contributed by atoms with van der Waals surface area (Å²) in [6, 6.07) is 12.0. The number of hydrogen-bond acceptors (Lipinski definition) is 1. The van der Waals surface area contributed by atoms with Gasteiger partial charge in [0, 0.05) is 10.8 Å². The average molecular weight is 304 g/mol. The molecule has 0 saturated carbocycles. The maximum Gasteiger partial charge on any atom is 0.0910 e. The minimum atomic E-state index is 0.0811. The van der Waals surface area contributed by atoms with Crippen molar-refractivity contribution in [3.05, 3.63) is 52.0 Å². The van der Waals surface area contributed by atoms with Crippen LogP contribution in [0.25, 0.3) is 21.8 Å². The van der Waals surface area contributed by atoms with Gasteiger partial charge < -0.3 is 0 Å². The number of rotatable bonds is 0. The van der Waals surface area contributed by atoms with E-state index in [-0.39, 0.29) is 5.41 Å². The van der Waals surface area contributed by atoms with Gasteiger partial charge in [-0.25, -0.2) is 4.98 Å². The van der Waals surface area contributed by atoms with Crippen LogP contribution in [0.2, 0.25) is 10.0 Å². The molecular weight excluding hydrogens is 289 g/mol. The highest BCUT2D eigenvalue weighted by Crippen LogP contribution is 2.35. The highest BCUT2D eigenvalue weighted by Gasteiger charge is 2.16. The lowest BCUT2D eigenvalue weighted by atomic mass is 9.86. The summed E-state index contributed by atoms with van der Waals surface area (Å²) >= 11 is 12.8. The van der Waals surface area contributed by atoms with Crippen molar-refractivity contribution in [3.63, 3.8) is 0 Å². The quantitative estimate of drug-likeness (QED) is 0.465. The molecule has 0 atom stereocenters. The summed E-state index contributed by atoms with van der Waals surface area (Å²) in [5, 5.41) is 3.21. The maximum atomic E-state index is 6.51. The fraction of sp³-hybridized carbons (Fsp3) is 0.235. The Bertz CT molecular complexity index is 816. The summed E-state index contributed by atoms with van der Waals surface area (Å²) in [7, 11) is 0. The maximum absolute atomic E-state index is 6.51. The van der Waals surface area contributed by atoms with Crippen LogP contribution in [0.5, 0.6) is 0 Å². The van der Waals surface area contributed by atoms with E-state index in [2.05, 4.69) is 32.9 Å². The second-order valence-corrected chi connectivity index (χ2v) is 6.83. The van der Waals surface area contributed by atoms with Gasteiger partial charge in [0.1, 0.15) is 0 Å². The van der Waals surface area contributed by atoms with Crippen LogP contribution in [0.1, 0.15) is 26.3 Å². The molecule has 2 aromatic carbocycles. The molecule has 0 amide bonds. The van der Waals surface area contributed by atoms with Gasteiger partial charge in [0.25, 0.3) is 0 Å². The molecule has 3 aromatic rings. The van der Waals surface area contributed by atoms with Crippen molar-refractivity contribution < 1.29 is 0 Å². The van der Waals surface area contributed by atoms with Gasteiger partial charge in [-0.3, -0.25) is 0 Å². The third kappa shape index (κ3) is 2.15. The summed E-state index contributed by atoms with van der Waals surface area (Å²) in [5.41, 5.74) is 2.97. The Hall–Kier alpha value is -1.31. The second kappa shape index (κ2) is 4.61. The molecule has 1 nitrogen and oxygen atoms in total. The molecule has 0 aliphatic heterocycles. The standard InChI is InChI=1S/C17H15Cl2N/c1-17(2,3)10-7-8-11-14(9-10)20-16-12(15(11)19)5-4-6-13(16)18/h4-9H,1-3H3. The van der Waals surface area contributed by atoms with Crippen LogP contribution in [0.3, 0.4) is 0 Å². The van der Waals surface area contributed by atoms with Gasteiger partial charge in [-0.05, 0) is 23.1 Å². The van der Waals surface area contributed by atoms with Crippen LogP contribution in [0, 0.1) is 0 Å². The second-order valence-electron chi connectivity index (χ2n) is 6.04. The predicted molar refractivity (Wildman–Crippen MR) is 88.0 cm³/mol. The Morgan fingerprint density at radius 1 is 0.950 bits per heavy atom. The van der Waals surface area contributed by atoms with E-state index in [1.165, 1.54) is 5.56 Å². The van der Waals surface area contributed by atoms with Gasteiger partial charge in [0.05, 0.1) is 21.1 Å². The monoisotopic (exact) mass is 303 g/mol. The van der Waals surface area contributed by atoms with Crippen molar-refractivity contribution in [2.75, 3.05) is 0 Å². The largest absolute Gasteiger partial charge is 0.246 e. The summed E-state index contributed by atoms with van der Waals surface area (Å²) in [6.07, 6.45) is 0. The van der Waals surface area contributed by atoms with Gasteiger partial charge in [0.2, 0.25) is 0 Å². The van der Waals surface area contributed by atoms with Crippen LogP contribution in [-0.4, -0.2) is 4.98 Å². The molecule has 3 rings (SSSR count). The number of pyridine rings is 1. The van der Waals surface area contributed by atoms with E-state index in [0.29, 0.717) is 10.0 Å². The van der Waals surface area contributed by atoms with E-state index in [1.54, 1.807) is 0 Å². The zero-order chi connectivity index (χ0) is 14.5. The molecule has 0 aliphatic carbocycles. The fourth-order valence-electron chi connectivity index (χ4n) is 2.35. The van der Waals surface area contributed by atoms with E-state index in [4.69, 9.17) is 28.2 Å². The van der Waals surface area contributed by atoms with Crippen molar-refractivity contribution in [2.45, 2.75) is 26.2 Å². The van der Waals surface area contributed by atoms with Crippen LogP contribution >= 0.6 is 23.2 Å². The van der Waals surface area contributed by atoms with Gasteiger partial charge in [-0.15, -0.1) is 0 Å². The summed E-state index contributed by atoms with van der Waals surface area (Å²) in [6.45, 7) is 6.55. The number of halogens is 2. The van der Waals surface area contributed by atoms with Crippen molar-refractivity contribution in [2.24, 2.45) is 0 Å². The molecule has 0 fully saturated rings. The van der Waals surface area contributed by atoms with Crippen molar-refractivity contribution in [3.8, 4) is 0 Å². The number of hydrogen-bond donors (Lipinski definition) is 0. The molecule has 0 unspecified atom stereocenters. The number of fused-ring (bicyclic) bond motifs is 2.